The summed E-state index contributed by atoms with van der Waals surface area (Å²) in [5, 5.41) is 3.16. The van der Waals surface area contributed by atoms with Crippen LogP contribution in [0.5, 0.6) is 0 Å². The second-order valence-corrected chi connectivity index (χ2v) is 5.05. The predicted octanol–water partition coefficient (Wildman–Crippen LogP) is 3.58. The highest BCUT2D eigenvalue weighted by Crippen LogP contribution is 2.28. The molecule has 0 amide bonds. The number of anilines is 2. The maximum Gasteiger partial charge on any atom is 0.135 e. The van der Waals surface area contributed by atoms with Crippen molar-refractivity contribution in [3.8, 4) is 0 Å². The molecule has 0 fully saturated rings. The van der Waals surface area contributed by atoms with E-state index in [-0.39, 0.29) is 0 Å². The van der Waals surface area contributed by atoms with Gasteiger partial charge in [-0.2, -0.15) is 0 Å². The van der Waals surface area contributed by atoms with Crippen LogP contribution in [0.15, 0.2) is 36.5 Å². The molecule has 3 nitrogen and oxygen atoms in total. The lowest BCUT2D eigenvalue weighted by molar-refractivity contribution is 0.810. The molecule has 1 heterocycles. The molecule has 1 aromatic carbocycles. The number of nitrogens with zero attached hydrogens (tertiary/aromatic N) is 2. The summed E-state index contributed by atoms with van der Waals surface area (Å²) in [4.78, 5) is 6.94. The van der Waals surface area contributed by atoms with Crippen molar-refractivity contribution in [1.29, 1.82) is 0 Å². The molecule has 0 aliphatic carbocycles. The largest absolute Gasteiger partial charge is 0.326 e. The van der Waals surface area contributed by atoms with E-state index in [9.17, 15) is 0 Å². The zero-order valence-corrected chi connectivity index (χ0v) is 12.8. The van der Waals surface area contributed by atoms with Gasteiger partial charge in [0.25, 0.3) is 0 Å². The Morgan fingerprint density at radius 1 is 1.15 bits per heavy atom. The van der Waals surface area contributed by atoms with Crippen LogP contribution in [0.2, 0.25) is 0 Å². The SMILES string of the molecule is CCN(c1ccccc1C)c1ncc(CNC)cc1C. The van der Waals surface area contributed by atoms with Gasteiger partial charge in [0.2, 0.25) is 0 Å². The van der Waals surface area contributed by atoms with Crippen molar-refractivity contribution >= 4 is 11.5 Å². The van der Waals surface area contributed by atoms with Gasteiger partial charge in [0, 0.05) is 25.0 Å². The van der Waals surface area contributed by atoms with Crippen LogP contribution in [0.4, 0.5) is 11.5 Å². The lowest BCUT2D eigenvalue weighted by Crippen LogP contribution is -2.20. The Kier molecular flexibility index (Phi) is 4.74. The second-order valence-electron chi connectivity index (χ2n) is 5.05. The number of rotatable bonds is 5. The van der Waals surface area contributed by atoms with E-state index in [0.29, 0.717) is 0 Å². The molecular formula is C17H23N3. The van der Waals surface area contributed by atoms with Crippen LogP contribution < -0.4 is 10.2 Å². The molecule has 106 valence electrons. The molecule has 2 aromatic rings. The third kappa shape index (κ3) is 2.99. The van der Waals surface area contributed by atoms with Gasteiger partial charge in [0.15, 0.2) is 0 Å². The highest BCUT2D eigenvalue weighted by atomic mass is 15.2. The fourth-order valence-corrected chi connectivity index (χ4v) is 2.51. The number of nitrogens with one attached hydrogen (secondary N) is 1. The van der Waals surface area contributed by atoms with Crippen LogP contribution in [-0.4, -0.2) is 18.6 Å². The van der Waals surface area contributed by atoms with Crippen molar-refractivity contribution in [3.63, 3.8) is 0 Å². The molecule has 0 atom stereocenters. The predicted molar refractivity (Wildman–Crippen MR) is 85.6 cm³/mol. The summed E-state index contributed by atoms with van der Waals surface area (Å²) in [5.41, 5.74) is 4.93. The van der Waals surface area contributed by atoms with Crippen molar-refractivity contribution in [2.24, 2.45) is 0 Å². The lowest BCUT2D eigenvalue weighted by Gasteiger charge is -2.25. The zero-order chi connectivity index (χ0) is 14.5. The minimum absolute atomic E-state index is 0.852. The minimum Gasteiger partial charge on any atom is -0.326 e. The molecule has 3 heteroatoms. The van der Waals surface area contributed by atoms with E-state index in [1.807, 2.05) is 13.2 Å². The summed E-state index contributed by atoms with van der Waals surface area (Å²) in [6.07, 6.45) is 1.96. The molecule has 0 aliphatic heterocycles. The van der Waals surface area contributed by atoms with Gasteiger partial charge in [-0.3, -0.25) is 0 Å². The van der Waals surface area contributed by atoms with Crippen LogP contribution in [0.25, 0.3) is 0 Å². The van der Waals surface area contributed by atoms with Gasteiger partial charge >= 0.3 is 0 Å². The highest BCUT2D eigenvalue weighted by Gasteiger charge is 2.13. The Balaban J connectivity index is 2.40. The number of hydrogen-bond acceptors (Lipinski definition) is 3. The van der Waals surface area contributed by atoms with Crippen LogP contribution in [0.3, 0.4) is 0 Å². The van der Waals surface area contributed by atoms with E-state index >= 15 is 0 Å². The Morgan fingerprint density at radius 2 is 1.90 bits per heavy atom. The lowest BCUT2D eigenvalue weighted by atomic mass is 10.1. The summed E-state index contributed by atoms with van der Waals surface area (Å²) in [6, 6.07) is 10.7. The van der Waals surface area contributed by atoms with E-state index in [1.165, 1.54) is 22.4 Å². The first-order valence-corrected chi connectivity index (χ1v) is 7.10. The summed E-state index contributed by atoms with van der Waals surface area (Å²) < 4.78 is 0. The first-order chi connectivity index (χ1) is 9.67. The molecule has 1 N–H and O–H groups in total. The average Bonchev–Trinajstić information content (AvgIpc) is 2.44. The molecule has 1 aromatic heterocycles. The Bertz CT molecular complexity index is 578. The quantitative estimate of drug-likeness (QED) is 0.899. The number of benzene rings is 1. The van der Waals surface area contributed by atoms with Gasteiger partial charge in [-0.25, -0.2) is 4.98 Å². The summed E-state index contributed by atoms with van der Waals surface area (Å²) in [5.74, 6) is 1.04. The van der Waals surface area contributed by atoms with Crippen LogP contribution in [0.1, 0.15) is 23.6 Å². The molecule has 20 heavy (non-hydrogen) atoms. The monoisotopic (exact) mass is 269 g/mol. The van der Waals surface area contributed by atoms with Crippen molar-refractivity contribution in [3.05, 3.63) is 53.2 Å². The Morgan fingerprint density at radius 3 is 2.50 bits per heavy atom. The van der Waals surface area contributed by atoms with Gasteiger partial charge in [0.1, 0.15) is 5.82 Å². The summed E-state index contributed by atoms with van der Waals surface area (Å²) in [7, 11) is 1.95. The standard InChI is InChI=1S/C17H23N3/c1-5-20(16-9-7-6-8-13(16)2)17-14(3)10-15(11-18-4)12-19-17/h6-10,12,18H,5,11H2,1-4H3. The van der Waals surface area contributed by atoms with Crippen molar-refractivity contribution in [2.75, 3.05) is 18.5 Å². The Labute approximate surface area is 121 Å². The van der Waals surface area contributed by atoms with Crippen molar-refractivity contribution in [1.82, 2.24) is 10.3 Å². The van der Waals surface area contributed by atoms with Crippen molar-refractivity contribution < 1.29 is 0 Å². The van der Waals surface area contributed by atoms with E-state index < -0.39 is 0 Å². The number of para-hydroxylation sites is 1. The summed E-state index contributed by atoms with van der Waals surface area (Å²) >= 11 is 0. The molecule has 2 rings (SSSR count). The fraction of sp³-hybridized carbons (Fsp3) is 0.353. The van der Waals surface area contributed by atoms with E-state index in [2.05, 4.69) is 66.3 Å². The number of hydrogen-bond donors (Lipinski definition) is 1. The van der Waals surface area contributed by atoms with Gasteiger partial charge in [-0.15, -0.1) is 0 Å². The maximum atomic E-state index is 4.67. The normalized spacial score (nSPS) is 10.6. The number of pyridine rings is 1. The number of aromatic nitrogens is 1. The maximum absolute atomic E-state index is 4.67. The first kappa shape index (κ1) is 14.5. The van der Waals surface area contributed by atoms with Crippen molar-refractivity contribution in [2.45, 2.75) is 27.3 Å². The third-order valence-electron chi connectivity index (χ3n) is 3.47. The molecule has 0 spiro atoms. The molecule has 0 bridgehead atoms. The van der Waals surface area contributed by atoms with Gasteiger partial charge in [-0.05, 0) is 56.6 Å². The van der Waals surface area contributed by atoms with E-state index in [4.69, 9.17) is 0 Å². The minimum atomic E-state index is 0.852. The second kappa shape index (κ2) is 6.53. The molecule has 0 unspecified atom stereocenters. The zero-order valence-electron chi connectivity index (χ0n) is 12.8. The molecular weight excluding hydrogens is 246 g/mol. The molecule has 0 radical (unpaired) electrons. The number of aryl methyl sites for hydroxylation is 2. The van der Waals surface area contributed by atoms with E-state index in [1.54, 1.807) is 0 Å². The van der Waals surface area contributed by atoms with Crippen LogP contribution >= 0.6 is 0 Å². The fourth-order valence-electron chi connectivity index (χ4n) is 2.51. The topological polar surface area (TPSA) is 28.2 Å². The van der Waals surface area contributed by atoms with Gasteiger partial charge in [-0.1, -0.05) is 18.2 Å². The Hall–Kier alpha value is -1.87. The van der Waals surface area contributed by atoms with Gasteiger partial charge < -0.3 is 10.2 Å². The van der Waals surface area contributed by atoms with Gasteiger partial charge in [0.05, 0.1) is 0 Å². The molecule has 0 saturated carbocycles. The highest BCUT2D eigenvalue weighted by molar-refractivity contribution is 5.65. The average molecular weight is 269 g/mol. The summed E-state index contributed by atoms with van der Waals surface area (Å²) in [6.45, 7) is 8.19. The van der Waals surface area contributed by atoms with Crippen LogP contribution in [0, 0.1) is 13.8 Å². The first-order valence-electron chi connectivity index (χ1n) is 7.10. The molecule has 0 aliphatic rings. The third-order valence-corrected chi connectivity index (χ3v) is 3.47. The van der Waals surface area contributed by atoms with Crippen LogP contribution in [-0.2, 0) is 6.54 Å². The van der Waals surface area contributed by atoms with E-state index in [0.717, 1.165) is 18.9 Å². The molecule has 0 saturated heterocycles. The smallest absolute Gasteiger partial charge is 0.135 e.